The van der Waals surface area contributed by atoms with Crippen LogP contribution in [0.1, 0.15) is 6.42 Å². The van der Waals surface area contributed by atoms with Gasteiger partial charge in [0.15, 0.2) is 9.84 Å². The van der Waals surface area contributed by atoms with Gasteiger partial charge in [0.2, 0.25) is 0 Å². The molecule has 15 heavy (non-hydrogen) atoms. The van der Waals surface area contributed by atoms with E-state index in [1.54, 1.807) is 0 Å². The fourth-order valence-corrected chi connectivity index (χ4v) is 2.72. The van der Waals surface area contributed by atoms with Crippen LogP contribution in [-0.4, -0.2) is 25.9 Å². The predicted molar refractivity (Wildman–Crippen MR) is 55.2 cm³/mol. The van der Waals surface area contributed by atoms with Crippen molar-refractivity contribution in [1.82, 2.24) is 0 Å². The largest absolute Gasteiger partial charge is 0.396 e. The number of hydrogen-bond acceptors (Lipinski definition) is 3. The fraction of sp³-hybridized carbons (Fsp3) is 0.333. The number of hydrogen-bond donors (Lipinski definition) is 1. The summed E-state index contributed by atoms with van der Waals surface area (Å²) in [5.74, 6) is -1.11. The minimum Gasteiger partial charge on any atom is -0.396 e. The normalized spacial score (nSPS) is 11.7. The van der Waals surface area contributed by atoms with Crippen LogP contribution in [-0.2, 0) is 9.84 Å². The Kier molecular flexibility index (Phi) is 4.07. The minimum absolute atomic E-state index is 0.0777. The molecule has 0 fully saturated rings. The molecule has 3 nitrogen and oxygen atoms in total. The molecule has 1 aromatic carbocycles. The van der Waals surface area contributed by atoms with E-state index in [0.717, 1.165) is 12.1 Å². The van der Waals surface area contributed by atoms with E-state index in [1.807, 2.05) is 0 Å². The van der Waals surface area contributed by atoms with E-state index < -0.39 is 20.5 Å². The molecule has 0 aromatic heterocycles. The highest BCUT2D eigenvalue weighted by molar-refractivity contribution is 7.91. The Bertz CT molecular complexity index is 445. The second-order valence-corrected chi connectivity index (χ2v) is 5.48. The first-order valence-electron chi connectivity index (χ1n) is 4.26. The molecule has 1 rings (SSSR count). The molecule has 0 heterocycles. The maximum atomic E-state index is 13.2. The third kappa shape index (κ3) is 3.15. The van der Waals surface area contributed by atoms with Gasteiger partial charge in [-0.2, -0.15) is 0 Å². The zero-order chi connectivity index (χ0) is 11.5. The number of rotatable bonds is 4. The zero-order valence-corrected chi connectivity index (χ0v) is 9.35. The van der Waals surface area contributed by atoms with E-state index >= 15 is 0 Å². The lowest BCUT2D eigenvalue weighted by molar-refractivity contribution is 0.295. The molecular weight excluding hydrogens is 243 g/mol. The van der Waals surface area contributed by atoms with Gasteiger partial charge in [0.05, 0.1) is 5.75 Å². The molecule has 0 spiro atoms. The average Bonchev–Trinajstić information content (AvgIpc) is 2.18. The summed E-state index contributed by atoms with van der Waals surface area (Å²) >= 11 is 5.58. The van der Waals surface area contributed by atoms with Crippen LogP contribution in [0.2, 0.25) is 5.02 Å². The fourth-order valence-electron chi connectivity index (χ4n) is 1.08. The van der Waals surface area contributed by atoms with Crippen molar-refractivity contribution in [1.29, 1.82) is 0 Å². The van der Waals surface area contributed by atoms with Gasteiger partial charge in [0.1, 0.15) is 10.7 Å². The number of aliphatic hydroxyl groups is 1. The van der Waals surface area contributed by atoms with Crippen molar-refractivity contribution in [2.24, 2.45) is 0 Å². The number of halogens is 2. The highest BCUT2D eigenvalue weighted by atomic mass is 35.5. The molecule has 0 atom stereocenters. The van der Waals surface area contributed by atoms with Crippen LogP contribution in [0.5, 0.6) is 0 Å². The maximum absolute atomic E-state index is 13.2. The molecule has 0 bridgehead atoms. The highest BCUT2D eigenvalue weighted by Crippen LogP contribution is 2.20. The minimum atomic E-state index is -3.70. The predicted octanol–water partition coefficient (Wildman–Crippen LogP) is 1.64. The number of benzene rings is 1. The second-order valence-electron chi connectivity index (χ2n) is 2.97. The van der Waals surface area contributed by atoms with Gasteiger partial charge in [-0.25, -0.2) is 12.8 Å². The molecule has 0 aliphatic rings. The lowest BCUT2D eigenvalue weighted by Gasteiger charge is -2.04. The van der Waals surface area contributed by atoms with Crippen molar-refractivity contribution in [2.45, 2.75) is 11.3 Å². The lowest BCUT2D eigenvalue weighted by atomic mass is 10.3. The van der Waals surface area contributed by atoms with Gasteiger partial charge < -0.3 is 5.11 Å². The Morgan fingerprint density at radius 1 is 1.40 bits per heavy atom. The van der Waals surface area contributed by atoms with Gasteiger partial charge in [-0.15, -0.1) is 0 Å². The van der Waals surface area contributed by atoms with Crippen molar-refractivity contribution in [3.05, 3.63) is 29.0 Å². The summed E-state index contributed by atoms with van der Waals surface area (Å²) in [4.78, 5) is -0.413. The summed E-state index contributed by atoms with van der Waals surface area (Å²) in [6, 6.07) is 3.36. The molecule has 6 heteroatoms. The quantitative estimate of drug-likeness (QED) is 0.886. The van der Waals surface area contributed by atoms with E-state index in [2.05, 4.69) is 0 Å². The van der Waals surface area contributed by atoms with E-state index in [0.29, 0.717) is 0 Å². The van der Waals surface area contributed by atoms with Gasteiger partial charge in [0, 0.05) is 11.6 Å². The smallest absolute Gasteiger partial charge is 0.181 e. The summed E-state index contributed by atoms with van der Waals surface area (Å²) in [5.41, 5.74) is 0. The average molecular weight is 253 g/mol. The first-order chi connectivity index (χ1) is 6.97. The molecule has 1 aromatic rings. The van der Waals surface area contributed by atoms with Crippen LogP contribution in [0, 0.1) is 5.82 Å². The lowest BCUT2D eigenvalue weighted by Crippen LogP contribution is -2.10. The van der Waals surface area contributed by atoms with Crippen molar-refractivity contribution < 1.29 is 17.9 Å². The summed E-state index contributed by atoms with van der Waals surface area (Å²) in [6.45, 7) is -0.249. The summed E-state index contributed by atoms with van der Waals surface area (Å²) < 4.78 is 36.3. The third-order valence-corrected chi connectivity index (χ3v) is 3.84. The number of aliphatic hydroxyl groups excluding tert-OH is 1. The third-order valence-electron chi connectivity index (χ3n) is 1.80. The van der Waals surface area contributed by atoms with Crippen molar-refractivity contribution in [2.75, 3.05) is 12.4 Å². The molecule has 0 saturated carbocycles. The van der Waals surface area contributed by atoms with Crippen LogP contribution in [0.3, 0.4) is 0 Å². The van der Waals surface area contributed by atoms with E-state index in [1.165, 1.54) is 6.07 Å². The van der Waals surface area contributed by atoms with Gasteiger partial charge in [-0.3, -0.25) is 0 Å². The zero-order valence-electron chi connectivity index (χ0n) is 7.78. The Balaban J connectivity index is 3.09. The maximum Gasteiger partial charge on any atom is 0.181 e. The molecule has 0 unspecified atom stereocenters. The highest BCUT2D eigenvalue weighted by Gasteiger charge is 2.18. The molecule has 84 valence electrons. The van der Waals surface area contributed by atoms with Crippen LogP contribution in [0.25, 0.3) is 0 Å². The van der Waals surface area contributed by atoms with Gasteiger partial charge >= 0.3 is 0 Å². The Labute approximate surface area is 92.4 Å². The Morgan fingerprint density at radius 3 is 2.67 bits per heavy atom. The topological polar surface area (TPSA) is 54.4 Å². The van der Waals surface area contributed by atoms with E-state index in [4.69, 9.17) is 16.7 Å². The molecule has 0 aliphatic carbocycles. The number of sulfone groups is 1. The Hall–Kier alpha value is -0.650. The van der Waals surface area contributed by atoms with E-state index in [9.17, 15) is 12.8 Å². The van der Waals surface area contributed by atoms with Crippen LogP contribution in [0.15, 0.2) is 23.1 Å². The summed E-state index contributed by atoms with van der Waals surface area (Å²) in [7, 11) is -3.70. The molecule has 0 saturated heterocycles. The molecule has 1 N–H and O–H groups in total. The standard InChI is InChI=1S/C9H10ClFO3S/c10-7-2-3-8(11)9(6-7)15(13,14)5-1-4-12/h2-3,6,12H,1,4-5H2. The van der Waals surface area contributed by atoms with Crippen molar-refractivity contribution in [3.63, 3.8) is 0 Å². The monoisotopic (exact) mass is 252 g/mol. The Morgan fingerprint density at radius 2 is 2.07 bits per heavy atom. The molecule has 0 radical (unpaired) electrons. The van der Waals surface area contributed by atoms with Gasteiger partial charge in [-0.1, -0.05) is 11.6 Å². The summed E-state index contributed by atoms with van der Waals surface area (Å²) in [6.07, 6.45) is 0.0777. The first kappa shape index (κ1) is 12.4. The second kappa shape index (κ2) is 4.92. The van der Waals surface area contributed by atoms with Crippen LogP contribution < -0.4 is 0 Å². The van der Waals surface area contributed by atoms with Crippen molar-refractivity contribution in [3.8, 4) is 0 Å². The SMILES string of the molecule is O=S(=O)(CCCO)c1cc(Cl)ccc1F. The van der Waals surface area contributed by atoms with E-state index in [-0.39, 0.29) is 23.8 Å². The van der Waals surface area contributed by atoms with Crippen molar-refractivity contribution >= 4 is 21.4 Å². The molecule has 0 aliphatic heterocycles. The molecule has 0 amide bonds. The van der Waals surface area contributed by atoms with Crippen LogP contribution in [0.4, 0.5) is 4.39 Å². The van der Waals surface area contributed by atoms with Gasteiger partial charge in [0.25, 0.3) is 0 Å². The van der Waals surface area contributed by atoms with Crippen LogP contribution >= 0.6 is 11.6 Å². The molecular formula is C9H10ClFO3S. The summed E-state index contributed by atoms with van der Waals surface area (Å²) in [5, 5.41) is 8.68. The van der Waals surface area contributed by atoms with Gasteiger partial charge in [-0.05, 0) is 24.6 Å². The first-order valence-corrected chi connectivity index (χ1v) is 6.29.